The van der Waals surface area contributed by atoms with Crippen molar-refractivity contribution in [2.24, 2.45) is 0 Å². The van der Waals surface area contributed by atoms with Crippen LogP contribution in [0, 0.1) is 0 Å². The van der Waals surface area contributed by atoms with E-state index in [0.717, 1.165) is 6.42 Å². The van der Waals surface area contributed by atoms with Crippen molar-refractivity contribution in [1.29, 1.82) is 0 Å². The predicted octanol–water partition coefficient (Wildman–Crippen LogP) is 3.31. The summed E-state index contributed by atoms with van der Waals surface area (Å²) >= 11 is 0. The molecule has 2 nitrogen and oxygen atoms in total. The zero-order valence-corrected chi connectivity index (χ0v) is 10.3. The Morgan fingerprint density at radius 3 is 2.44 bits per heavy atom. The largest absolute Gasteiger partial charge is 0.522 e. The molecule has 0 spiro atoms. The average Bonchev–Trinajstić information content (AvgIpc) is 2.33. The van der Waals surface area contributed by atoms with E-state index in [-0.39, 0.29) is 13.2 Å². The van der Waals surface area contributed by atoms with Gasteiger partial charge < -0.3 is 5.32 Å². The van der Waals surface area contributed by atoms with Crippen LogP contribution in [0.1, 0.15) is 24.8 Å². The summed E-state index contributed by atoms with van der Waals surface area (Å²) in [6, 6.07) is 10.0. The molecule has 0 heterocycles. The van der Waals surface area contributed by atoms with Gasteiger partial charge in [-0.2, -0.15) is 0 Å². The van der Waals surface area contributed by atoms with Crippen LogP contribution in [-0.4, -0.2) is 26.1 Å². The van der Waals surface area contributed by atoms with Crippen molar-refractivity contribution >= 4 is 0 Å². The molecule has 1 atom stereocenters. The third-order valence-electron chi connectivity index (χ3n) is 2.67. The second-order valence-corrected chi connectivity index (χ2v) is 4.14. The number of benzene rings is 1. The lowest BCUT2D eigenvalue weighted by Gasteiger charge is -2.12. The molecule has 1 rings (SSSR count). The summed E-state index contributed by atoms with van der Waals surface area (Å²) in [5.41, 5.74) is 1.24. The maximum Gasteiger partial charge on any atom is 0.522 e. The minimum Gasteiger partial charge on any atom is -0.314 e. The molecule has 1 unspecified atom stereocenters. The van der Waals surface area contributed by atoms with Gasteiger partial charge in [0.05, 0.1) is 6.61 Å². The first kappa shape index (κ1) is 15.0. The summed E-state index contributed by atoms with van der Waals surface area (Å²) in [6.07, 6.45) is -3.64. The summed E-state index contributed by atoms with van der Waals surface area (Å²) < 4.78 is 38.7. The van der Waals surface area contributed by atoms with Gasteiger partial charge in [-0.3, -0.25) is 4.74 Å². The fourth-order valence-corrected chi connectivity index (χ4v) is 1.63. The molecule has 0 amide bonds. The van der Waals surface area contributed by atoms with Gasteiger partial charge in [0.1, 0.15) is 0 Å². The maximum absolute atomic E-state index is 11.7. The molecular formula is C13H18F3NO. The SMILES string of the molecule is CC(CCNCCOC(F)(F)F)c1ccccc1. The Morgan fingerprint density at radius 2 is 1.83 bits per heavy atom. The molecule has 0 saturated heterocycles. The molecule has 0 aromatic heterocycles. The van der Waals surface area contributed by atoms with E-state index >= 15 is 0 Å². The molecule has 102 valence electrons. The molecule has 0 saturated carbocycles. The van der Waals surface area contributed by atoms with Crippen molar-refractivity contribution in [2.45, 2.75) is 25.6 Å². The first-order chi connectivity index (χ1) is 8.49. The molecule has 1 aromatic rings. The molecule has 0 radical (unpaired) electrons. The highest BCUT2D eigenvalue weighted by molar-refractivity contribution is 5.18. The second kappa shape index (κ2) is 7.38. The highest BCUT2D eigenvalue weighted by Crippen LogP contribution is 2.17. The standard InChI is InChI=1S/C13H18F3NO/c1-11(12-5-3-2-4-6-12)7-8-17-9-10-18-13(14,15)16/h2-6,11,17H,7-10H2,1H3. The summed E-state index contributed by atoms with van der Waals surface area (Å²) in [6.45, 7) is 2.64. The Labute approximate surface area is 105 Å². The summed E-state index contributed by atoms with van der Waals surface area (Å²) in [5.74, 6) is 0.391. The van der Waals surface area contributed by atoms with E-state index < -0.39 is 6.36 Å². The van der Waals surface area contributed by atoms with Gasteiger partial charge in [0.25, 0.3) is 0 Å². The lowest BCUT2D eigenvalue weighted by Crippen LogP contribution is -2.25. The van der Waals surface area contributed by atoms with E-state index in [4.69, 9.17) is 0 Å². The second-order valence-electron chi connectivity index (χ2n) is 4.14. The molecule has 0 aliphatic heterocycles. The first-order valence-electron chi connectivity index (χ1n) is 5.95. The molecule has 1 aromatic carbocycles. The van der Waals surface area contributed by atoms with Crippen LogP contribution in [0.3, 0.4) is 0 Å². The van der Waals surface area contributed by atoms with E-state index in [1.54, 1.807) is 0 Å². The summed E-state index contributed by atoms with van der Waals surface area (Å²) in [7, 11) is 0. The number of halogens is 3. The van der Waals surface area contributed by atoms with E-state index in [0.29, 0.717) is 12.5 Å². The predicted molar refractivity (Wildman–Crippen MR) is 64.4 cm³/mol. The van der Waals surface area contributed by atoms with Crippen LogP contribution >= 0.6 is 0 Å². The Balaban J connectivity index is 2.08. The Hall–Kier alpha value is -1.07. The Morgan fingerprint density at radius 1 is 1.17 bits per heavy atom. The fourth-order valence-electron chi connectivity index (χ4n) is 1.63. The monoisotopic (exact) mass is 261 g/mol. The quantitative estimate of drug-likeness (QED) is 0.760. The van der Waals surface area contributed by atoms with Crippen LogP contribution in [-0.2, 0) is 4.74 Å². The maximum atomic E-state index is 11.7. The highest BCUT2D eigenvalue weighted by Gasteiger charge is 2.28. The summed E-state index contributed by atoms with van der Waals surface area (Å²) in [4.78, 5) is 0. The van der Waals surface area contributed by atoms with Crippen molar-refractivity contribution in [3.8, 4) is 0 Å². The van der Waals surface area contributed by atoms with Gasteiger partial charge in [0.2, 0.25) is 0 Å². The lowest BCUT2D eigenvalue weighted by molar-refractivity contribution is -0.323. The van der Waals surface area contributed by atoms with Crippen molar-refractivity contribution in [1.82, 2.24) is 5.32 Å². The van der Waals surface area contributed by atoms with Gasteiger partial charge >= 0.3 is 6.36 Å². The molecule has 1 N–H and O–H groups in total. The number of ether oxygens (including phenoxy) is 1. The number of hydrogen-bond donors (Lipinski definition) is 1. The van der Waals surface area contributed by atoms with Crippen molar-refractivity contribution < 1.29 is 17.9 Å². The van der Waals surface area contributed by atoms with Crippen LogP contribution in [0.25, 0.3) is 0 Å². The van der Waals surface area contributed by atoms with E-state index in [9.17, 15) is 13.2 Å². The van der Waals surface area contributed by atoms with Gasteiger partial charge in [-0.25, -0.2) is 0 Å². The third-order valence-corrected chi connectivity index (χ3v) is 2.67. The van der Waals surface area contributed by atoms with Gasteiger partial charge in [0, 0.05) is 6.54 Å². The first-order valence-corrected chi connectivity index (χ1v) is 5.95. The van der Waals surface area contributed by atoms with Crippen molar-refractivity contribution in [2.75, 3.05) is 19.7 Å². The van der Waals surface area contributed by atoms with Crippen molar-refractivity contribution in [3.63, 3.8) is 0 Å². The molecule has 5 heteroatoms. The molecule has 0 aliphatic rings. The number of alkyl halides is 3. The molecule has 0 aliphatic carbocycles. The molecule has 0 bridgehead atoms. The van der Waals surface area contributed by atoms with Crippen molar-refractivity contribution in [3.05, 3.63) is 35.9 Å². The molecule has 0 fully saturated rings. The minimum absolute atomic E-state index is 0.209. The van der Waals surface area contributed by atoms with Gasteiger partial charge in [0.15, 0.2) is 0 Å². The van der Waals surface area contributed by atoms with Crippen LogP contribution in [0.15, 0.2) is 30.3 Å². The number of rotatable bonds is 7. The minimum atomic E-state index is -4.53. The number of nitrogens with one attached hydrogen (secondary N) is 1. The zero-order valence-electron chi connectivity index (χ0n) is 10.3. The van der Waals surface area contributed by atoms with Gasteiger partial charge in [-0.15, -0.1) is 13.2 Å². The lowest BCUT2D eigenvalue weighted by atomic mass is 9.98. The Bertz CT molecular complexity index is 327. The third kappa shape index (κ3) is 6.61. The molecular weight excluding hydrogens is 243 g/mol. The normalized spacial score (nSPS) is 13.6. The topological polar surface area (TPSA) is 21.3 Å². The Kier molecular flexibility index (Phi) is 6.15. The zero-order chi connectivity index (χ0) is 13.4. The average molecular weight is 261 g/mol. The van der Waals surface area contributed by atoms with E-state index in [1.807, 2.05) is 18.2 Å². The number of hydrogen-bond acceptors (Lipinski definition) is 2. The van der Waals surface area contributed by atoms with Gasteiger partial charge in [-0.1, -0.05) is 37.3 Å². The van der Waals surface area contributed by atoms with E-state index in [2.05, 4.69) is 29.1 Å². The van der Waals surface area contributed by atoms with Crippen LogP contribution in [0.5, 0.6) is 0 Å². The highest BCUT2D eigenvalue weighted by atomic mass is 19.4. The van der Waals surface area contributed by atoms with Gasteiger partial charge in [-0.05, 0) is 24.4 Å². The summed E-state index contributed by atoms with van der Waals surface area (Å²) in [5, 5.41) is 2.93. The van der Waals surface area contributed by atoms with Crippen LogP contribution < -0.4 is 5.32 Å². The van der Waals surface area contributed by atoms with E-state index in [1.165, 1.54) is 5.56 Å². The van der Waals surface area contributed by atoms with Crippen LogP contribution in [0.4, 0.5) is 13.2 Å². The smallest absolute Gasteiger partial charge is 0.314 e. The van der Waals surface area contributed by atoms with Crippen LogP contribution in [0.2, 0.25) is 0 Å². The fraction of sp³-hybridized carbons (Fsp3) is 0.538. The molecule has 18 heavy (non-hydrogen) atoms.